The zero-order chi connectivity index (χ0) is 18.6. The Hall–Kier alpha value is -0.0969. The fraction of sp³-hybridized carbons (Fsp3) is 0.455. The van der Waals surface area contributed by atoms with Gasteiger partial charge in [-0.05, 0) is 0 Å². The quantitative estimate of drug-likeness (QED) is 0.430. The molecule has 0 amide bonds. The Morgan fingerprint density at radius 1 is 1.00 bits per heavy atom. The van der Waals surface area contributed by atoms with Gasteiger partial charge in [0.25, 0.3) is 0 Å². The van der Waals surface area contributed by atoms with Gasteiger partial charge in [0.1, 0.15) is 0 Å². The Labute approximate surface area is 164 Å². The van der Waals surface area contributed by atoms with Gasteiger partial charge in [-0.3, -0.25) is 0 Å². The molecule has 0 radical (unpaired) electrons. The molecule has 0 N–H and O–H groups in total. The number of halogens is 2. The van der Waals surface area contributed by atoms with E-state index in [1.54, 1.807) is 0 Å². The summed E-state index contributed by atoms with van der Waals surface area (Å²) in [6.07, 6.45) is 4.57. The minimum absolute atomic E-state index is 0.152. The fourth-order valence-electron chi connectivity index (χ4n) is 4.70. The first-order valence-electron chi connectivity index (χ1n) is 9.21. The molecule has 0 saturated heterocycles. The van der Waals surface area contributed by atoms with Gasteiger partial charge < -0.3 is 0 Å². The Balaban J connectivity index is 2.19. The van der Waals surface area contributed by atoms with Crippen LogP contribution >= 0.6 is 17.0 Å². The van der Waals surface area contributed by atoms with Crippen LogP contribution in [-0.4, -0.2) is 0 Å². The first kappa shape index (κ1) is 19.7. The second-order valence-electron chi connectivity index (χ2n) is 7.78. The van der Waals surface area contributed by atoms with E-state index in [9.17, 15) is 0 Å². The van der Waals surface area contributed by atoms with Crippen LogP contribution < -0.4 is 0 Å². The average molecular weight is 455 g/mol. The molecule has 2 aliphatic carbocycles. The molecule has 0 saturated carbocycles. The predicted molar refractivity (Wildman–Crippen MR) is 109 cm³/mol. The summed E-state index contributed by atoms with van der Waals surface area (Å²) < 4.78 is 0.0864. The van der Waals surface area contributed by atoms with Crippen molar-refractivity contribution in [1.82, 2.24) is 0 Å². The number of hydrogen-bond acceptors (Lipinski definition) is 0. The van der Waals surface area contributed by atoms with Crippen molar-refractivity contribution in [2.45, 2.75) is 61.1 Å². The molecule has 25 heavy (non-hydrogen) atoms. The van der Waals surface area contributed by atoms with Gasteiger partial charge in [-0.15, -0.1) is 0 Å². The normalized spacial score (nSPS) is 22.6. The summed E-state index contributed by atoms with van der Waals surface area (Å²) in [7, 11) is 15.1. The van der Waals surface area contributed by atoms with Crippen LogP contribution in [0.4, 0.5) is 0 Å². The maximum atomic E-state index is 7.53. The van der Waals surface area contributed by atoms with E-state index in [1.807, 2.05) is 0 Å². The summed E-state index contributed by atoms with van der Waals surface area (Å²) in [5.74, 6) is 0. The van der Waals surface area contributed by atoms with Crippen LogP contribution in [0.3, 0.4) is 0 Å². The minimum atomic E-state index is -3.70. The van der Waals surface area contributed by atoms with Gasteiger partial charge in [0.15, 0.2) is 0 Å². The van der Waals surface area contributed by atoms with Crippen LogP contribution in [0.5, 0.6) is 0 Å². The van der Waals surface area contributed by atoms with Crippen molar-refractivity contribution in [3.05, 3.63) is 63.3 Å². The third kappa shape index (κ3) is 2.72. The molecule has 0 spiro atoms. The molecule has 0 aliphatic heterocycles. The van der Waals surface area contributed by atoms with E-state index >= 15 is 0 Å². The molecule has 1 aromatic carbocycles. The first-order valence-corrected chi connectivity index (χ1v) is 18.2. The molecule has 2 aliphatic rings. The zero-order valence-electron chi connectivity index (χ0n) is 16.1. The summed E-state index contributed by atoms with van der Waals surface area (Å²) in [5.41, 5.74) is 9.68. The molecule has 0 heterocycles. The van der Waals surface area contributed by atoms with E-state index in [2.05, 4.69) is 71.9 Å². The molecular weight excluding hydrogens is 426 g/mol. The maximum absolute atomic E-state index is 7.53. The van der Waals surface area contributed by atoms with Crippen molar-refractivity contribution in [3.8, 4) is 0 Å². The molecule has 3 rings (SSSR count). The van der Waals surface area contributed by atoms with E-state index in [0.29, 0.717) is 0 Å². The van der Waals surface area contributed by atoms with Gasteiger partial charge in [0.05, 0.1) is 0 Å². The molecule has 0 aromatic heterocycles. The number of fused-ring (bicyclic) bond motifs is 1. The molecule has 134 valence electrons. The third-order valence-corrected chi connectivity index (χ3v) is 22.4. The second-order valence-corrected chi connectivity index (χ2v) is 22.9. The predicted octanol–water partition coefficient (Wildman–Crippen LogP) is 8.25. The standard InChI is InChI=1S/C12H13.C10H15.2ClH.Zr/c1-2-5-10-8-11-6-3-4-7-12(11)9-10;1-6-7(2)9(4)10(5)8(6)3;;;/h3-4,6-9H,2,5H2,1H3;1-5H3;2*1H;/q;;;;+2/p-2. The number of rotatable bonds is 4. The number of benzene rings is 1. The summed E-state index contributed by atoms with van der Waals surface area (Å²) in [5, 5.41) is 0. The molecule has 1 atom stereocenters. The van der Waals surface area contributed by atoms with Crippen LogP contribution in [0, 0.1) is 0 Å². The molecule has 0 bridgehead atoms. The summed E-state index contributed by atoms with van der Waals surface area (Å²) in [6.45, 7) is 13.5. The molecule has 1 unspecified atom stereocenters. The van der Waals surface area contributed by atoms with Gasteiger partial charge >= 0.3 is 165 Å². The van der Waals surface area contributed by atoms with E-state index in [0.717, 1.165) is 12.8 Å². The van der Waals surface area contributed by atoms with Crippen LogP contribution in [0.25, 0.3) is 6.08 Å². The van der Waals surface area contributed by atoms with Crippen LogP contribution in [0.2, 0.25) is 3.12 Å². The Bertz CT molecular complexity index is 787. The van der Waals surface area contributed by atoms with Crippen molar-refractivity contribution in [1.29, 1.82) is 0 Å². The third-order valence-electron chi connectivity index (χ3n) is 6.77. The van der Waals surface area contributed by atoms with Crippen LogP contribution in [0.1, 0.15) is 69.1 Å². The van der Waals surface area contributed by atoms with Crippen molar-refractivity contribution in [3.63, 3.8) is 0 Å². The summed E-state index contributed by atoms with van der Waals surface area (Å²) in [6, 6.07) is 8.69. The van der Waals surface area contributed by atoms with Gasteiger partial charge in [-0.25, -0.2) is 0 Å². The Kier molecular flexibility index (Phi) is 5.36. The van der Waals surface area contributed by atoms with E-state index < -0.39 is 17.9 Å². The van der Waals surface area contributed by atoms with Crippen molar-refractivity contribution in [2.75, 3.05) is 0 Å². The van der Waals surface area contributed by atoms with Crippen molar-refractivity contribution >= 4 is 23.1 Å². The average Bonchev–Trinajstić information content (AvgIpc) is 3.02. The van der Waals surface area contributed by atoms with Gasteiger partial charge in [-0.2, -0.15) is 0 Å². The Morgan fingerprint density at radius 2 is 1.56 bits per heavy atom. The fourth-order valence-corrected chi connectivity index (χ4v) is 19.2. The monoisotopic (exact) mass is 452 g/mol. The first-order chi connectivity index (χ1) is 11.7. The van der Waals surface area contributed by atoms with Gasteiger partial charge in [0, 0.05) is 0 Å². The van der Waals surface area contributed by atoms with E-state index in [-0.39, 0.29) is 6.75 Å². The summed E-state index contributed by atoms with van der Waals surface area (Å²) in [4.78, 5) is 0. The topological polar surface area (TPSA) is 0 Å². The SMILES string of the molecule is CCCC1=Cc2ccccc2[CH]1[Zr]([Cl])([Cl])[C]1(C)C(C)=C(C)C(C)=C1C. The molecule has 3 heteroatoms. The van der Waals surface area contributed by atoms with Crippen LogP contribution in [0.15, 0.2) is 52.1 Å². The van der Waals surface area contributed by atoms with E-state index in [1.165, 1.54) is 39.0 Å². The van der Waals surface area contributed by atoms with Crippen molar-refractivity contribution < 1.29 is 17.9 Å². The Morgan fingerprint density at radius 3 is 2.12 bits per heavy atom. The zero-order valence-corrected chi connectivity index (χ0v) is 20.1. The van der Waals surface area contributed by atoms with Gasteiger partial charge in [0.2, 0.25) is 0 Å². The van der Waals surface area contributed by atoms with Gasteiger partial charge in [-0.1, -0.05) is 0 Å². The molecular formula is C22H28Cl2Zr. The van der Waals surface area contributed by atoms with Crippen molar-refractivity contribution in [2.24, 2.45) is 0 Å². The van der Waals surface area contributed by atoms with E-state index in [4.69, 9.17) is 17.0 Å². The summed E-state index contributed by atoms with van der Waals surface area (Å²) >= 11 is -3.70. The molecule has 1 aromatic rings. The second kappa shape index (κ2) is 6.81. The molecule has 0 nitrogen and oxygen atoms in total. The molecule has 0 fully saturated rings. The number of hydrogen-bond donors (Lipinski definition) is 0. The number of allylic oxidation sites excluding steroid dienone is 5. The van der Waals surface area contributed by atoms with Crippen LogP contribution in [-0.2, 0) is 17.9 Å².